The van der Waals surface area contributed by atoms with Crippen LogP contribution in [-0.4, -0.2) is 0 Å². The SMILES string of the molecule is Cl.Cl.[C-]1=C(c2ccccc2)C(c2ccccc2)=CC1.[Zr]. The smallest absolute Gasteiger partial charge is 0 e. The van der Waals surface area contributed by atoms with E-state index in [1.54, 1.807) is 0 Å². The Hall–Kier alpha value is -0.617. The van der Waals surface area contributed by atoms with Gasteiger partial charge in [-0.1, -0.05) is 60.5 Å². The molecule has 0 radical (unpaired) electrons. The molecule has 0 fully saturated rings. The summed E-state index contributed by atoms with van der Waals surface area (Å²) >= 11 is 0. The predicted octanol–water partition coefficient (Wildman–Crippen LogP) is 5.20. The zero-order chi connectivity index (χ0) is 11.5. The van der Waals surface area contributed by atoms with Crippen molar-refractivity contribution in [2.24, 2.45) is 0 Å². The average Bonchev–Trinajstić information content (AvgIpc) is 2.90. The van der Waals surface area contributed by atoms with Crippen LogP contribution in [0.1, 0.15) is 17.5 Å². The Morgan fingerprint density at radius 1 is 0.700 bits per heavy atom. The summed E-state index contributed by atoms with van der Waals surface area (Å²) in [6, 6.07) is 21.0. The average molecular weight is 381 g/mol. The number of hydrogen-bond donors (Lipinski definition) is 0. The van der Waals surface area contributed by atoms with E-state index < -0.39 is 0 Å². The first-order valence-electron chi connectivity index (χ1n) is 5.87. The molecule has 0 bridgehead atoms. The minimum absolute atomic E-state index is 0. The van der Waals surface area contributed by atoms with Gasteiger partial charge in [-0.2, -0.15) is 11.6 Å². The van der Waals surface area contributed by atoms with E-state index in [9.17, 15) is 0 Å². The van der Waals surface area contributed by atoms with Crippen molar-refractivity contribution < 1.29 is 26.2 Å². The summed E-state index contributed by atoms with van der Waals surface area (Å²) in [5, 5.41) is 0. The third-order valence-corrected chi connectivity index (χ3v) is 3.00. The second-order valence-corrected chi connectivity index (χ2v) is 4.11. The molecule has 0 saturated heterocycles. The number of allylic oxidation sites excluding steroid dienone is 4. The van der Waals surface area contributed by atoms with Crippen LogP contribution in [-0.2, 0) is 26.2 Å². The first kappa shape index (κ1) is 19.4. The minimum atomic E-state index is 0. The zero-order valence-corrected chi connectivity index (χ0v) is 15.0. The molecule has 0 aromatic heterocycles. The van der Waals surface area contributed by atoms with Gasteiger partial charge in [-0.3, -0.25) is 0 Å². The molecule has 1 aliphatic rings. The molecule has 0 nitrogen and oxygen atoms in total. The van der Waals surface area contributed by atoms with Crippen LogP contribution in [0.15, 0.2) is 66.7 Å². The Labute approximate surface area is 151 Å². The maximum Gasteiger partial charge on any atom is 0 e. The van der Waals surface area contributed by atoms with Gasteiger partial charge < -0.3 is 0 Å². The van der Waals surface area contributed by atoms with Crippen LogP contribution in [0.3, 0.4) is 0 Å². The predicted molar refractivity (Wildman–Crippen MR) is 86.6 cm³/mol. The van der Waals surface area contributed by atoms with E-state index in [1.807, 2.05) is 6.07 Å². The van der Waals surface area contributed by atoms with Crippen molar-refractivity contribution in [2.45, 2.75) is 6.42 Å². The molecule has 2 aromatic carbocycles. The number of rotatable bonds is 2. The third kappa shape index (κ3) is 4.19. The Kier molecular flexibility index (Phi) is 9.06. The van der Waals surface area contributed by atoms with E-state index in [0.717, 1.165) is 6.42 Å². The maximum absolute atomic E-state index is 3.45. The molecule has 20 heavy (non-hydrogen) atoms. The van der Waals surface area contributed by atoms with Crippen LogP contribution >= 0.6 is 24.8 Å². The monoisotopic (exact) mass is 379 g/mol. The van der Waals surface area contributed by atoms with E-state index in [0.29, 0.717) is 0 Å². The van der Waals surface area contributed by atoms with Crippen LogP contribution in [0.4, 0.5) is 0 Å². The van der Waals surface area contributed by atoms with Crippen molar-refractivity contribution in [3.05, 3.63) is 83.9 Å². The number of halogens is 2. The fourth-order valence-corrected chi connectivity index (χ4v) is 2.19. The molecule has 0 N–H and O–H groups in total. The zero-order valence-electron chi connectivity index (χ0n) is 10.9. The van der Waals surface area contributed by atoms with E-state index in [1.165, 1.54) is 22.3 Å². The molecule has 0 amide bonds. The normalized spacial score (nSPS) is 12.2. The van der Waals surface area contributed by atoms with Gasteiger partial charge in [-0.15, -0.1) is 54.2 Å². The first-order chi connectivity index (χ1) is 8.45. The van der Waals surface area contributed by atoms with Gasteiger partial charge in [0, 0.05) is 26.2 Å². The molecule has 0 heterocycles. The summed E-state index contributed by atoms with van der Waals surface area (Å²) in [7, 11) is 0. The van der Waals surface area contributed by atoms with E-state index >= 15 is 0 Å². The van der Waals surface area contributed by atoms with Crippen LogP contribution in [0.25, 0.3) is 11.1 Å². The van der Waals surface area contributed by atoms with Crippen molar-refractivity contribution >= 4 is 36.0 Å². The molecule has 0 saturated carbocycles. The van der Waals surface area contributed by atoms with Crippen LogP contribution in [0, 0.1) is 6.08 Å². The summed E-state index contributed by atoms with van der Waals surface area (Å²) in [6.45, 7) is 0. The third-order valence-electron chi connectivity index (χ3n) is 3.00. The Balaban J connectivity index is 0.00000120. The summed E-state index contributed by atoms with van der Waals surface area (Å²) < 4.78 is 0. The van der Waals surface area contributed by atoms with Gasteiger partial charge >= 0.3 is 0 Å². The maximum atomic E-state index is 3.45. The number of benzene rings is 2. The molecule has 102 valence electrons. The topological polar surface area (TPSA) is 0 Å². The summed E-state index contributed by atoms with van der Waals surface area (Å²) in [5.74, 6) is 0. The van der Waals surface area contributed by atoms with E-state index in [4.69, 9.17) is 0 Å². The van der Waals surface area contributed by atoms with Crippen molar-refractivity contribution in [3.8, 4) is 0 Å². The Bertz CT molecular complexity index is 521. The largest absolute Gasteiger partial charge is 0.197 e. The summed E-state index contributed by atoms with van der Waals surface area (Å²) in [4.78, 5) is 0. The second-order valence-electron chi connectivity index (χ2n) is 4.11. The molecule has 2 aromatic rings. The Morgan fingerprint density at radius 3 is 1.75 bits per heavy atom. The molecule has 0 atom stereocenters. The molecular weight excluding hydrogens is 366 g/mol. The van der Waals surface area contributed by atoms with Gasteiger partial charge in [0.25, 0.3) is 0 Å². The summed E-state index contributed by atoms with van der Waals surface area (Å²) in [5.41, 5.74) is 5.06. The first-order valence-corrected chi connectivity index (χ1v) is 5.87. The van der Waals surface area contributed by atoms with Gasteiger partial charge in [0.05, 0.1) is 0 Å². The molecule has 1 aliphatic carbocycles. The van der Waals surface area contributed by atoms with Crippen molar-refractivity contribution in [2.75, 3.05) is 0 Å². The van der Waals surface area contributed by atoms with Crippen molar-refractivity contribution in [3.63, 3.8) is 0 Å². The minimum Gasteiger partial charge on any atom is -0.197 e. The van der Waals surface area contributed by atoms with Crippen molar-refractivity contribution in [1.82, 2.24) is 0 Å². The van der Waals surface area contributed by atoms with Gasteiger partial charge in [0.1, 0.15) is 0 Å². The van der Waals surface area contributed by atoms with Crippen molar-refractivity contribution in [1.29, 1.82) is 0 Å². The fourth-order valence-electron chi connectivity index (χ4n) is 2.19. The molecular formula is C17H15Cl2Zr-. The van der Waals surface area contributed by atoms with Gasteiger partial charge in [-0.05, 0) is 0 Å². The van der Waals surface area contributed by atoms with Gasteiger partial charge in [0.2, 0.25) is 0 Å². The Morgan fingerprint density at radius 2 is 1.20 bits per heavy atom. The van der Waals surface area contributed by atoms with E-state index in [-0.39, 0.29) is 51.0 Å². The molecule has 0 spiro atoms. The van der Waals surface area contributed by atoms with E-state index in [2.05, 4.69) is 66.7 Å². The number of hydrogen-bond acceptors (Lipinski definition) is 0. The molecule has 0 unspecified atom stereocenters. The van der Waals surface area contributed by atoms with Crippen LogP contribution in [0.5, 0.6) is 0 Å². The molecule has 3 heteroatoms. The molecule has 0 aliphatic heterocycles. The standard InChI is InChI=1S/C17H13.2ClH.Zr/c1-3-8-14(9-4-1)16-12-7-13-17(16)15-10-5-2-6-11-15;;;/h1-6,8-12H,7H2;2*1H;/q-1;;;. The quantitative estimate of drug-likeness (QED) is 0.627. The second kappa shape index (κ2) is 9.34. The van der Waals surface area contributed by atoms with Crippen LogP contribution in [0.2, 0.25) is 0 Å². The molecule has 3 rings (SSSR count). The fraction of sp³-hybridized carbons (Fsp3) is 0.0588. The summed E-state index contributed by atoms with van der Waals surface area (Å²) in [6.07, 6.45) is 6.60. The van der Waals surface area contributed by atoms with Gasteiger partial charge in [-0.25, -0.2) is 0 Å². The van der Waals surface area contributed by atoms with Crippen LogP contribution < -0.4 is 0 Å². The van der Waals surface area contributed by atoms with Gasteiger partial charge in [0.15, 0.2) is 0 Å².